The van der Waals surface area contributed by atoms with E-state index in [-0.39, 0.29) is 0 Å². The third-order valence-corrected chi connectivity index (χ3v) is 5.37. The Bertz CT molecular complexity index is 303. The quantitative estimate of drug-likeness (QED) is 0.537. The highest BCUT2D eigenvalue weighted by Crippen LogP contribution is 2.30. The summed E-state index contributed by atoms with van der Waals surface area (Å²) in [6.07, 6.45) is 11.4. The summed E-state index contributed by atoms with van der Waals surface area (Å²) in [4.78, 5) is 2.71. The van der Waals surface area contributed by atoms with E-state index in [9.17, 15) is 0 Å². The number of hydrogen-bond acceptors (Lipinski definition) is 1. The number of hydrogen-bond donors (Lipinski definition) is 0. The highest BCUT2D eigenvalue weighted by atomic mass is 28.3. The Morgan fingerprint density at radius 1 is 0.895 bits per heavy atom. The third kappa shape index (κ3) is 4.97. The fourth-order valence-corrected chi connectivity index (χ4v) is 4.03. The molecule has 1 nitrogen and oxygen atoms in total. The lowest BCUT2D eigenvalue weighted by molar-refractivity contribution is 0.133. The van der Waals surface area contributed by atoms with E-state index < -0.39 is 8.07 Å². The van der Waals surface area contributed by atoms with E-state index in [0.29, 0.717) is 6.04 Å². The van der Waals surface area contributed by atoms with Gasteiger partial charge in [0.2, 0.25) is 0 Å². The molecule has 1 aliphatic heterocycles. The van der Waals surface area contributed by atoms with Crippen molar-refractivity contribution < 1.29 is 0 Å². The van der Waals surface area contributed by atoms with Crippen molar-refractivity contribution in [3.63, 3.8) is 0 Å². The standard InChI is InChI=1S/C17H31NSi/c1-19(2,3)15-12-17(16-10-6-4-7-11-16)18-13-8-5-9-14-18/h16-17H,4-11,13-14H2,1-3H3. The Kier molecular flexibility index (Phi) is 5.54. The van der Waals surface area contributed by atoms with E-state index >= 15 is 0 Å². The molecule has 108 valence electrons. The number of likely N-dealkylation sites (tertiary alicyclic amines) is 1. The van der Waals surface area contributed by atoms with Gasteiger partial charge < -0.3 is 0 Å². The monoisotopic (exact) mass is 277 g/mol. The maximum atomic E-state index is 3.74. The van der Waals surface area contributed by atoms with Crippen LogP contribution in [0, 0.1) is 17.4 Å². The van der Waals surface area contributed by atoms with Crippen LogP contribution in [-0.2, 0) is 0 Å². The molecule has 1 atom stereocenters. The van der Waals surface area contributed by atoms with Crippen molar-refractivity contribution in [3.05, 3.63) is 0 Å². The zero-order valence-electron chi connectivity index (χ0n) is 13.2. The molecule has 0 spiro atoms. The van der Waals surface area contributed by atoms with Gasteiger partial charge in [0.1, 0.15) is 8.07 Å². The van der Waals surface area contributed by atoms with Gasteiger partial charge in [0.15, 0.2) is 0 Å². The number of rotatable bonds is 2. The lowest BCUT2D eigenvalue weighted by Gasteiger charge is -2.38. The maximum absolute atomic E-state index is 3.74. The molecule has 0 bridgehead atoms. The van der Waals surface area contributed by atoms with Crippen molar-refractivity contribution >= 4 is 8.07 Å². The molecule has 0 aromatic rings. The SMILES string of the molecule is C[Si](C)(C)C#CC(C1CCCCC1)N1CCCCC1. The van der Waals surface area contributed by atoms with Crippen LogP contribution >= 0.6 is 0 Å². The molecule has 2 rings (SSSR count). The van der Waals surface area contributed by atoms with Crippen LogP contribution < -0.4 is 0 Å². The van der Waals surface area contributed by atoms with E-state index in [1.54, 1.807) is 0 Å². The van der Waals surface area contributed by atoms with Crippen molar-refractivity contribution in [2.24, 2.45) is 5.92 Å². The molecule has 19 heavy (non-hydrogen) atoms. The molecule has 0 amide bonds. The van der Waals surface area contributed by atoms with Crippen LogP contribution in [-0.4, -0.2) is 32.1 Å². The second-order valence-electron chi connectivity index (χ2n) is 7.46. The average molecular weight is 278 g/mol. The summed E-state index contributed by atoms with van der Waals surface area (Å²) in [6.45, 7) is 9.69. The van der Waals surface area contributed by atoms with Crippen LogP contribution in [0.5, 0.6) is 0 Å². The molecule has 1 heterocycles. The molecular formula is C17H31NSi. The van der Waals surface area contributed by atoms with Gasteiger partial charge in [-0.3, -0.25) is 4.90 Å². The lowest BCUT2D eigenvalue weighted by Crippen LogP contribution is -2.43. The second kappa shape index (κ2) is 6.95. The van der Waals surface area contributed by atoms with Gasteiger partial charge >= 0.3 is 0 Å². The van der Waals surface area contributed by atoms with Gasteiger partial charge in [-0.15, -0.1) is 5.54 Å². The molecule has 0 radical (unpaired) electrons. The van der Waals surface area contributed by atoms with Gasteiger partial charge in [0.05, 0.1) is 6.04 Å². The van der Waals surface area contributed by atoms with Crippen LogP contribution in [0.4, 0.5) is 0 Å². The molecule has 2 heteroatoms. The minimum atomic E-state index is -1.23. The first-order valence-corrected chi connectivity index (χ1v) is 11.8. The van der Waals surface area contributed by atoms with Crippen molar-refractivity contribution in [1.29, 1.82) is 0 Å². The van der Waals surface area contributed by atoms with Gasteiger partial charge in [0, 0.05) is 0 Å². The lowest BCUT2D eigenvalue weighted by atomic mass is 9.83. The summed E-state index contributed by atoms with van der Waals surface area (Å²) >= 11 is 0. The van der Waals surface area contributed by atoms with Crippen molar-refractivity contribution in [3.8, 4) is 11.5 Å². The molecule has 1 aliphatic carbocycles. The van der Waals surface area contributed by atoms with Crippen LogP contribution in [0.3, 0.4) is 0 Å². The van der Waals surface area contributed by atoms with E-state index in [1.807, 2.05) is 0 Å². The fraction of sp³-hybridized carbons (Fsp3) is 0.882. The minimum absolute atomic E-state index is 0.576. The molecular weight excluding hydrogens is 246 g/mol. The van der Waals surface area contributed by atoms with Gasteiger partial charge in [-0.05, 0) is 44.7 Å². The Morgan fingerprint density at radius 3 is 2.05 bits per heavy atom. The first-order chi connectivity index (χ1) is 9.06. The smallest absolute Gasteiger partial charge is 0.129 e. The first-order valence-electron chi connectivity index (χ1n) is 8.33. The highest BCUT2D eigenvalue weighted by Gasteiger charge is 2.28. The van der Waals surface area contributed by atoms with E-state index in [0.717, 1.165) is 5.92 Å². The van der Waals surface area contributed by atoms with Crippen molar-refractivity contribution in [2.75, 3.05) is 13.1 Å². The zero-order chi connectivity index (χ0) is 13.7. The van der Waals surface area contributed by atoms with Crippen LogP contribution in [0.25, 0.3) is 0 Å². The summed E-state index contributed by atoms with van der Waals surface area (Å²) in [7, 11) is -1.23. The van der Waals surface area contributed by atoms with Crippen molar-refractivity contribution in [2.45, 2.75) is 77.0 Å². The summed E-state index contributed by atoms with van der Waals surface area (Å²) in [5.41, 5.74) is 3.66. The highest BCUT2D eigenvalue weighted by molar-refractivity contribution is 6.83. The number of piperidine rings is 1. The predicted molar refractivity (Wildman–Crippen MR) is 86.9 cm³/mol. The van der Waals surface area contributed by atoms with Crippen LogP contribution in [0.15, 0.2) is 0 Å². The molecule has 1 saturated carbocycles. The Morgan fingerprint density at radius 2 is 1.47 bits per heavy atom. The zero-order valence-corrected chi connectivity index (χ0v) is 14.2. The normalized spacial score (nSPS) is 24.6. The largest absolute Gasteiger partial charge is 0.290 e. The van der Waals surface area contributed by atoms with E-state index in [2.05, 4.69) is 36.0 Å². The average Bonchev–Trinajstić information content (AvgIpc) is 2.40. The second-order valence-corrected chi connectivity index (χ2v) is 12.2. The molecule has 1 saturated heterocycles. The maximum Gasteiger partial charge on any atom is 0.129 e. The first kappa shape index (κ1) is 15.1. The Hall–Kier alpha value is -0.263. The Balaban J connectivity index is 2.08. The topological polar surface area (TPSA) is 3.24 Å². The van der Waals surface area contributed by atoms with E-state index in [4.69, 9.17) is 0 Å². The van der Waals surface area contributed by atoms with Gasteiger partial charge in [0.25, 0.3) is 0 Å². The summed E-state index contributed by atoms with van der Waals surface area (Å²) < 4.78 is 0. The predicted octanol–water partition coefficient (Wildman–Crippen LogP) is 4.30. The molecule has 2 fully saturated rings. The molecule has 0 aromatic heterocycles. The molecule has 0 N–H and O–H groups in total. The Labute approximate surface area is 121 Å². The van der Waals surface area contributed by atoms with Gasteiger partial charge in [-0.1, -0.05) is 51.2 Å². The summed E-state index contributed by atoms with van der Waals surface area (Å²) in [5.74, 6) is 4.59. The fourth-order valence-electron chi connectivity index (χ4n) is 3.44. The molecule has 2 aliphatic rings. The van der Waals surface area contributed by atoms with Crippen LogP contribution in [0.1, 0.15) is 51.4 Å². The summed E-state index contributed by atoms with van der Waals surface area (Å²) in [6, 6.07) is 0.576. The van der Waals surface area contributed by atoms with E-state index in [1.165, 1.54) is 64.5 Å². The van der Waals surface area contributed by atoms with Gasteiger partial charge in [-0.2, -0.15) is 0 Å². The minimum Gasteiger partial charge on any atom is -0.290 e. The van der Waals surface area contributed by atoms with Crippen molar-refractivity contribution in [1.82, 2.24) is 4.90 Å². The summed E-state index contributed by atoms with van der Waals surface area (Å²) in [5, 5.41) is 0. The molecule has 1 unspecified atom stereocenters. The molecule has 0 aromatic carbocycles. The van der Waals surface area contributed by atoms with Crippen LogP contribution in [0.2, 0.25) is 19.6 Å². The number of nitrogens with zero attached hydrogens (tertiary/aromatic N) is 1. The van der Waals surface area contributed by atoms with Gasteiger partial charge in [-0.25, -0.2) is 0 Å². The third-order valence-electron chi connectivity index (χ3n) is 4.48.